The zero-order valence-corrected chi connectivity index (χ0v) is 11.4. The number of nitrogens with zero attached hydrogens (tertiary/aromatic N) is 1. The second-order valence-electron chi connectivity index (χ2n) is 3.76. The summed E-state index contributed by atoms with van der Waals surface area (Å²) in [6, 6.07) is 0.978. The van der Waals surface area contributed by atoms with E-state index in [9.17, 15) is 14.4 Å². The number of hydrogen-bond acceptors (Lipinski definition) is 6. The van der Waals surface area contributed by atoms with Crippen LogP contribution in [0.3, 0.4) is 0 Å². The van der Waals surface area contributed by atoms with Crippen molar-refractivity contribution in [2.45, 2.75) is 6.42 Å². The van der Waals surface area contributed by atoms with Crippen LogP contribution in [0.2, 0.25) is 0 Å². The van der Waals surface area contributed by atoms with Gasteiger partial charge in [0.05, 0.1) is 17.7 Å². The Morgan fingerprint density at radius 1 is 1.43 bits per heavy atom. The number of anilines is 1. The third kappa shape index (κ3) is 4.13. The quantitative estimate of drug-likeness (QED) is 0.569. The fourth-order valence-corrected chi connectivity index (χ4v) is 2.04. The van der Waals surface area contributed by atoms with E-state index in [4.69, 9.17) is 5.11 Å². The second kappa shape index (κ2) is 6.65. The Morgan fingerprint density at radius 3 is 2.95 bits per heavy atom. The summed E-state index contributed by atoms with van der Waals surface area (Å²) < 4.78 is 0. The first kappa shape index (κ1) is 14.7. The minimum atomic E-state index is -0.762. The maximum atomic E-state index is 11.9. The molecule has 0 fully saturated rings. The van der Waals surface area contributed by atoms with Gasteiger partial charge in [0.25, 0.3) is 11.5 Å². The Bertz CT molecular complexity index is 796. The van der Waals surface area contributed by atoms with Crippen molar-refractivity contribution in [3.63, 3.8) is 0 Å². The van der Waals surface area contributed by atoms with E-state index in [2.05, 4.69) is 27.1 Å². The van der Waals surface area contributed by atoms with Gasteiger partial charge in [0.2, 0.25) is 0 Å². The average Bonchev–Trinajstić information content (AvgIpc) is 2.85. The number of aliphatic hydroxyl groups is 1. The van der Waals surface area contributed by atoms with Gasteiger partial charge in [-0.2, -0.15) is 0 Å². The van der Waals surface area contributed by atoms with Gasteiger partial charge in [-0.1, -0.05) is 23.2 Å². The van der Waals surface area contributed by atoms with Crippen molar-refractivity contribution >= 4 is 22.4 Å². The molecule has 0 spiro atoms. The van der Waals surface area contributed by atoms with Crippen molar-refractivity contribution in [2.75, 3.05) is 11.9 Å². The molecule has 0 radical (unpaired) electrons. The van der Waals surface area contributed by atoms with Crippen molar-refractivity contribution in [1.29, 1.82) is 0 Å². The molecular weight excluding hydrogens is 296 g/mol. The lowest BCUT2D eigenvalue weighted by Crippen LogP contribution is -2.27. The number of amides is 1. The van der Waals surface area contributed by atoms with Crippen LogP contribution >= 0.6 is 11.3 Å². The maximum Gasteiger partial charge on any atom is 0.326 e. The minimum absolute atomic E-state index is 0.0225. The summed E-state index contributed by atoms with van der Waals surface area (Å²) in [6.07, 6.45) is 1.83. The van der Waals surface area contributed by atoms with Crippen LogP contribution in [-0.4, -0.2) is 32.6 Å². The summed E-state index contributed by atoms with van der Waals surface area (Å²) >= 11 is 1.14. The van der Waals surface area contributed by atoms with Gasteiger partial charge in [0, 0.05) is 12.5 Å². The van der Waals surface area contributed by atoms with Gasteiger partial charge >= 0.3 is 5.69 Å². The molecule has 108 valence electrons. The number of aromatic nitrogens is 3. The number of rotatable bonds is 3. The molecule has 2 heterocycles. The average molecular weight is 306 g/mol. The number of thiazole rings is 1. The van der Waals surface area contributed by atoms with Crippen LogP contribution in [0.15, 0.2) is 21.9 Å². The molecule has 0 aliphatic rings. The van der Waals surface area contributed by atoms with Crippen LogP contribution in [0.25, 0.3) is 0 Å². The van der Waals surface area contributed by atoms with Crippen molar-refractivity contribution in [2.24, 2.45) is 0 Å². The topological polar surface area (TPSA) is 128 Å². The number of aromatic amines is 2. The van der Waals surface area contributed by atoms with Gasteiger partial charge < -0.3 is 10.1 Å². The molecular formula is C12H10N4O4S. The van der Waals surface area contributed by atoms with Crippen LogP contribution in [0, 0.1) is 11.8 Å². The van der Waals surface area contributed by atoms with Gasteiger partial charge in [-0.15, -0.1) is 0 Å². The van der Waals surface area contributed by atoms with Crippen molar-refractivity contribution < 1.29 is 9.90 Å². The van der Waals surface area contributed by atoms with Gasteiger partial charge in [-0.05, 0) is 0 Å². The Morgan fingerprint density at radius 2 is 2.24 bits per heavy atom. The predicted molar refractivity (Wildman–Crippen MR) is 76.3 cm³/mol. The van der Waals surface area contributed by atoms with Crippen LogP contribution in [-0.2, 0) is 0 Å². The summed E-state index contributed by atoms with van der Waals surface area (Å²) in [5.41, 5.74) is -1.59. The lowest BCUT2D eigenvalue weighted by Gasteiger charge is -1.99. The van der Waals surface area contributed by atoms with E-state index in [1.165, 1.54) is 6.20 Å². The van der Waals surface area contributed by atoms with Crippen molar-refractivity contribution in [3.05, 3.63) is 43.7 Å². The van der Waals surface area contributed by atoms with Crippen LogP contribution in [0.4, 0.5) is 5.13 Å². The molecule has 0 saturated heterocycles. The summed E-state index contributed by atoms with van der Waals surface area (Å²) in [7, 11) is 0. The highest BCUT2D eigenvalue weighted by Gasteiger charge is 2.10. The van der Waals surface area contributed by atoms with Crippen LogP contribution in [0.1, 0.15) is 21.8 Å². The fraction of sp³-hybridized carbons (Fsp3) is 0.167. The fourth-order valence-electron chi connectivity index (χ4n) is 1.35. The normalized spacial score (nSPS) is 9.76. The molecule has 21 heavy (non-hydrogen) atoms. The highest BCUT2D eigenvalue weighted by Crippen LogP contribution is 2.17. The molecule has 0 aliphatic carbocycles. The lowest BCUT2D eigenvalue weighted by molar-refractivity contribution is 0.102. The lowest BCUT2D eigenvalue weighted by atomic mass is 10.4. The molecule has 0 bridgehead atoms. The molecule has 8 nitrogen and oxygen atoms in total. The monoisotopic (exact) mass is 306 g/mol. The SMILES string of the molecule is O=C(Nc1ncc(C#CCCO)s1)c1cc(=O)[nH]c(=O)[nH]1. The molecule has 0 aromatic carbocycles. The van der Waals surface area contributed by atoms with Crippen molar-refractivity contribution in [1.82, 2.24) is 15.0 Å². The first-order chi connectivity index (χ1) is 10.1. The maximum absolute atomic E-state index is 11.9. The summed E-state index contributed by atoms with van der Waals surface area (Å²) in [4.78, 5) is 42.8. The molecule has 0 saturated carbocycles. The Labute approximate surface area is 121 Å². The summed E-state index contributed by atoms with van der Waals surface area (Å²) in [5.74, 6) is 4.86. The van der Waals surface area contributed by atoms with E-state index < -0.39 is 17.2 Å². The highest BCUT2D eigenvalue weighted by atomic mass is 32.1. The zero-order valence-electron chi connectivity index (χ0n) is 10.6. The van der Waals surface area contributed by atoms with Gasteiger partial charge in [-0.3, -0.25) is 19.9 Å². The summed E-state index contributed by atoms with van der Waals surface area (Å²) in [5, 5.41) is 11.3. The van der Waals surface area contributed by atoms with E-state index in [0.29, 0.717) is 11.3 Å². The molecule has 9 heteroatoms. The minimum Gasteiger partial charge on any atom is -0.395 e. The smallest absolute Gasteiger partial charge is 0.326 e. The van der Waals surface area contributed by atoms with Crippen molar-refractivity contribution in [3.8, 4) is 11.8 Å². The van der Waals surface area contributed by atoms with E-state index in [1.807, 2.05) is 4.98 Å². The Balaban J connectivity index is 2.11. The molecule has 1 amide bonds. The molecule has 2 rings (SSSR count). The Hall–Kier alpha value is -2.70. The number of carbonyl (C=O) groups is 1. The van der Waals surface area contributed by atoms with Gasteiger partial charge in [0.15, 0.2) is 5.13 Å². The van der Waals surface area contributed by atoms with Gasteiger partial charge in [-0.25, -0.2) is 9.78 Å². The third-order valence-corrected chi connectivity index (χ3v) is 3.01. The molecule has 0 aliphatic heterocycles. The zero-order chi connectivity index (χ0) is 15.2. The molecule has 2 aromatic heterocycles. The number of carbonyl (C=O) groups excluding carboxylic acids is 1. The highest BCUT2D eigenvalue weighted by molar-refractivity contribution is 7.16. The largest absolute Gasteiger partial charge is 0.395 e. The predicted octanol–water partition coefficient (Wildman–Crippen LogP) is -0.494. The van der Waals surface area contributed by atoms with Gasteiger partial charge in [0.1, 0.15) is 5.69 Å². The number of aliphatic hydroxyl groups excluding tert-OH is 1. The van der Waals surface area contributed by atoms with E-state index >= 15 is 0 Å². The first-order valence-corrected chi connectivity index (χ1v) is 6.60. The molecule has 0 unspecified atom stereocenters. The number of hydrogen-bond donors (Lipinski definition) is 4. The summed E-state index contributed by atoms with van der Waals surface area (Å²) in [6.45, 7) is -0.0225. The standard InChI is InChI=1S/C12H10N4O4S/c17-4-2-1-3-7-6-13-12(21-7)16-10(19)8-5-9(18)15-11(20)14-8/h5-6,17H,2,4H2,(H,13,16,19)(H2,14,15,18,20). The second-order valence-corrected chi connectivity index (χ2v) is 4.79. The molecule has 4 N–H and O–H groups in total. The van der Waals surface area contributed by atoms with Crippen LogP contribution < -0.4 is 16.6 Å². The van der Waals surface area contributed by atoms with E-state index in [0.717, 1.165) is 17.4 Å². The first-order valence-electron chi connectivity index (χ1n) is 5.79. The van der Waals surface area contributed by atoms with Crippen LogP contribution in [0.5, 0.6) is 0 Å². The third-order valence-electron chi connectivity index (χ3n) is 2.18. The Kier molecular flexibility index (Phi) is 4.65. The van der Waals surface area contributed by atoms with E-state index in [-0.39, 0.29) is 17.4 Å². The number of nitrogens with one attached hydrogen (secondary N) is 3. The molecule has 0 atom stereocenters. The number of H-pyrrole nitrogens is 2. The molecule has 2 aromatic rings. The van der Waals surface area contributed by atoms with E-state index in [1.54, 1.807) is 0 Å².